The lowest BCUT2D eigenvalue weighted by Crippen LogP contribution is -2.48. The fraction of sp³-hybridized carbons (Fsp3) is 0.308. The molecule has 1 aliphatic rings. The van der Waals surface area contributed by atoms with Crippen LogP contribution in [0.3, 0.4) is 0 Å². The van der Waals surface area contributed by atoms with Crippen LogP contribution in [0.2, 0.25) is 0 Å². The molecule has 1 aromatic heterocycles. The summed E-state index contributed by atoms with van der Waals surface area (Å²) in [6, 6.07) is 2.12. The fourth-order valence-corrected chi connectivity index (χ4v) is 2.55. The second kappa shape index (κ2) is 5.63. The van der Waals surface area contributed by atoms with Crippen LogP contribution in [0.25, 0.3) is 10.9 Å². The van der Waals surface area contributed by atoms with E-state index >= 15 is 0 Å². The molecular weight excluding hydrogens is 309 g/mol. The van der Waals surface area contributed by atoms with E-state index in [0.717, 1.165) is 12.1 Å². The van der Waals surface area contributed by atoms with E-state index in [1.807, 2.05) is 4.90 Å². The third kappa shape index (κ3) is 2.70. The molecule has 9 nitrogen and oxygen atoms in total. The highest BCUT2D eigenvalue weighted by Gasteiger charge is 2.24. The van der Waals surface area contributed by atoms with Gasteiger partial charge in [-0.15, -0.1) is 0 Å². The zero-order valence-corrected chi connectivity index (χ0v) is 11.8. The van der Waals surface area contributed by atoms with Crippen LogP contribution in [0.5, 0.6) is 0 Å². The molecule has 1 aliphatic heterocycles. The molecule has 0 unspecified atom stereocenters. The van der Waals surface area contributed by atoms with Crippen molar-refractivity contribution in [2.75, 3.05) is 31.1 Å². The molecular formula is C13H12FN5O4. The third-order valence-corrected chi connectivity index (χ3v) is 3.73. The number of fused-ring (bicyclic) bond motifs is 1. The van der Waals surface area contributed by atoms with Crippen molar-refractivity contribution in [3.8, 4) is 0 Å². The van der Waals surface area contributed by atoms with Crippen molar-refractivity contribution in [2.45, 2.75) is 0 Å². The summed E-state index contributed by atoms with van der Waals surface area (Å²) in [4.78, 5) is 32.2. The van der Waals surface area contributed by atoms with E-state index in [2.05, 4.69) is 9.97 Å². The Labute approximate surface area is 129 Å². The van der Waals surface area contributed by atoms with Gasteiger partial charge in [0, 0.05) is 43.7 Å². The maximum absolute atomic E-state index is 13.7. The molecule has 23 heavy (non-hydrogen) atoms. The number of anilines is 1. The predicted octanol–water partition coefficient (Wildman–Crippen LogP) is 1.48. The van der Waals surface area contributed by atoms with Crippen molar-refractivity contribution in [1.82, 2.24) is 14.9 Å². The molecule has 1 aromatic carbocycles. The van der Waals surface area contributed by atoms with Crippen molar-refractivity contribution >= 4 is 28.5 Å². The Morgan fingerprint density at radius 2 is 1.96 bits per heavy atom. The third-order valence-electron chi connectivity index (χ3n) is 3.73. The molecule has 2 heterocycles. The molecule has 1 fully saturated rings. The van der Waals surface area contributed by atoms with E-state index in [4.69, 9.17) is 5.11 Å². The Balaban J connectivity index is 2.00. The van der Waals surface area contributed by atoms with E-state index in [1.165, 1.54) is 11.2 Å². The Morgan fingerprint density at radius 3 is 2.57 bits per heavy atom. The topological polar surface area (TPSA) is 113 Å². The second-order valence-corrected chi connectivity index (χ2v) is 5.03. The summed E-state index contributed by atoms with van der Waals surface area (Å²) in [5, 5.41) is 20.2. The zero-order chi connectivity index (χ0) is 16.6. The Hall–Kier alpha value is -3.04. The summed E-state index contributed by atoms with van der Waals surface area (Å²) in [5.74, 6) is -0.522. The number of nitro groups is 1. The number of amides is 1. The molecule has 0 atom stereocenters. The molecule has 10 heteroatoms. The monoisotopic (exact) mass is 321 g/mol. The van der Waals surface area contributed by atoms with Gasteiger partial charge in [0.05, 0.1) is 10.4 Å². The van der Waals surface area contributed by atoms with Gasteiger partial charge in [-0.25, -0.2) is 14.8 Å². The van der Waals surface area contributed by atoms with E-state index in [1.54, 1.807) is 0 Å². The van der Waals surface area contributed by atoms with Crippen LogP contribution >= 0.6 is 0 Å². The van der Waals surface area contributed by atoms with Crippen molar-refractivity contribution in [3.63, 3.8) is 0 Å². The van der Waals surface area contributed by atoms with Gasteiger partial charge >= 0.3 is 11.8 Å². The normalized spacial score (nSPS) is 15.0. The Morgan fingerprint density at radius 1 is 1.26 bits per heavy atom. The summed E-state index contributed by atoms with van der Waals surface area (Å²) >= 11 is 0. The SMILES string of the molecule is O=C(O)N1CCN(c2ncnc3cc(F)c([N+](=O)[O-])cc23)CC1. The fourth-order valence-electron chi connectivity index (χ4n) is 2.55. The number of piperazine rings is 1. The first-order chi connectivity index (χ1) is 11.0. The average molecular weight is 321 g/mol. The van der Waals surface area contributed by atoms with Crippen LogP contribution in [0.4, 0.5) is 20.7 Å². The first-order valence-corrected chi connectivity index (χ1v) is 6.79. The minimum absolute atomic E-state index is 0.263. The highest BCUT2D eigenvalue weighted by atomic mass is 19.1. The van der Waals surface area contributed by atoms with Crippen LogP contribution in [0.1, 0.15) is 0 Å². The van der Waals surface area contributed by atoms with Crippen molar-refractivity contribution in [1.29, 1.82) is 0 Å². The number of halogens is 1. The molecule has 0 radical (unpaired) electrons. The first-order valence-electron chi connectivity index (χ1n) is 6.79. The van der Waals surface area contributed by atoms with Crippen molar-refractivity contribution in [3.05, 3.63) is 34.4 Å². The summed E-state index contributed by atoms with van der Waals surface area (Å²) < 4.78 is 13.7. The van der Waals surface area contributed by atoms with Crippen molar-refractivity contribution < 1.29 is 19.2 Å². The first kappa shape index (κ1) is 14.9. The molecule has 1 amide bonds. The highest BCUT2D eigenvalue weighted by molar-refractivity contribution is 5.91. The predicted molar refractivity (Wildman–Crippen MR) is 78.0 cm³/mol. The zero-order valence-electron chi connectivity index (χ0n) is 11.8. The van der Waals surface area contributed by atoms with Gasteiger partial charge in [0.2, 0.25) is 5.82 Å². The number of nitrogens with zero attached hydrogens (tertiary/aromatic N) is 5. The van der Waals surface area contributed by atoms with E-state index < -0.39 is 22.5 Å². The number of hydrogen-bond donors (Lipinski definition) is 1. The van der Waals surface area contributed by atoms with Gasteiger partial charge < -0.3 is 14.9 Å². The summed E-state index contributed by atoms with van der Waals surface area (Å²) in [5.41, 5.74) is -0.378. The lowest BCUT2D eigenvalue weighted by atomic mass is 10.2. The smallest absolute Gasteiger partial charge is 0.407 e. The van der Waals surface area contributed by atoms with Crippen LogP contribution in [0, 0.1) is 15.9 Å². The highest BCUT2D eigenvalue weighted by Crippen LogP contribution is 2.29. The maximum Gasteiger partial charge on any atom is 0.407 e. The van der Waals surface area contributed by atoms with Gasteiger partial charge in [0.25, 0.3) is 0 Å². The van der Waals surface area contributed by atoms with E-state index in [9.17, 15) is 19.3 Å². The minimum atomic E-state index is -0.991. The summed E-state index contributed by atoms with van der Waals surface area (Å²) in [6.07, 6.45) is 0.266. The lowest BCUT2D eigenvalue weighted by molar-refractivity contribution is -0.387. The number of carboxylic acid groups (broad SMARTS) is 1. The molecule has 3 rings (SSSR count). The molecule has 1 saturated heterocycles. The van der Waals surface area contributed by atoms with Crippen LogP contribution in [-0.2, 0) is 0 Å². The molecule has 0 spiro atoms. The van der Waals surface area contributed by atoms with Gasteiger partial charge in [-0.1, -0.05) is 0 Å². The molecule has 0 aliphatic carbocycles. The van der Waals surface area contributed by atoms with Gasteiger partial charge in [-0.05, 0) is 0 Å². The second-order valence-electron chi connectivity index (χ2n) is 5.03. The Bertz CT molecular complexity index is 791. The van der Waals surface area contributed by atoms with Gasteiger partial charge in [0.15, 0.2) is 0 Å². The van der Waals surface area contributed by atoms with Crippen LogP contribution in [-0.4, -0.2) is 57.2 Å². The number of carbonyl (C=O) groups is 1. The number of benzene rings is 1. The van der Waals surface area contributed by atoms with E-state index in [0.29, 0.717) is 37.4 Å². The largest absolute Gasteiger partial charge is 0.465 e. The summed E-state index contributed by atoms with van der Waals surface area (Å²) in [6.45, 7) is 1.38. The number of rotatable bonds is 2. The van der Waals surface area contributed by atoms with Crippen LogP contribution in [0.15, 0.2) is 18.5 Å². The van der Waals surface area contributed by atoms with Crippen molar-refractivity contribution in [2.24, 2.45) is 0 Å². The Kier molecular flexibility index (Phi) is 3.64. The molecule has 2 aromatic rings. The summed E-state index contributed by atoms with van der Waals surface area (Å²) in [7, 11) is 0. The van der Waals surface area contributed by atoms with Gasteiger partial charge in [-0.2, -0.15) is 4.39 Å². The minimum Gasteiger partial charge on any atom is -0.465 e. The van der Waals surface area contributed by atoms with Gasteiger partial charge in [-0.3, -0.25) is 10.1 Å². The number of aromatic nitrogens is 2. The molecule has 0 bridgehead atoms. The number of hydrogen-bond acceptors (Lipinski definition) is 6. The molecule has 0 saturated carbocycles. The van der Waals surface area contributed by atoms with Gasteiger partial charge in [0.1, 0.15) is 12.1 Å². The molecule has 1 N–H and O–H groups in total. The maximum atomic E-state index is 13.7. The molecule has 120 valence electrons. The average Bonchev–Trinajstić information content (AvgIpc) is 2.53. The number of nitro benzene ring substituents is 1. The quantitative estimate of drug-likeness (QED) is 0.658. The standard InChI is InChI=1S/C13H12FN5O4/c14-9-6-10-8(5-11(9)19(22)23)12(16-7-15-10)17-1-3-18(4-2-17)13(20)21/h5-7H,1-4H2,(H,20,21). The van der Waals surface area contributed by atoms with E-state index in [-0.39, 0.29) is 5.52 Å². The van der Waals surface area contributed by atoms with Crippen LogP contribution < -0.4 is 4.90 Å². The lowest BCUT2D eigenvalue weighted by Gasteiger charge is -2.34.